The lowest BCUT2D eigenvalue weighted by molar-refractivity contribution is 0.251. The molecule has 174 valence electrons. The molecular weight excluding hydrogens is 404 g/mol. The summed E-state index contributed by atoms with van der Waals surface area (Å²) < 4.78 is 10.5. The van der Waals surface area contributed by atoms with Crippen LogP contribution in [0.3, 0.4) is 0 Å². The Labute approximate surface area is 191 Å². The van der Waals surface area contributed by atoms with Crippen molar-refractivity contribution in [3.63, 3.8) is 0 Å². The van der Waals surface area contributed by atoms with Gasteiger partial charge < -0.3 is 25.2 Å². The highest BCUT2D eigenvalue weighted by atomic mass is 16.5. The molecule has 0 saturated carbocycles. The predicted octanol–water partition coefficient (Wildman–Crippen LogP) is 3.34. The third kappa shape index (κ3) is 6.29. The monoisotopic (exact) mass is 440 g/mol. The van der Waals surface area contributed by atoms with Crippen LogP contribution in [-0.4, -0.2) is 62.9 Å². The summed E-state index contributed by atoms with van der Waals surface area (Å²) in [6.45, 7) is 6.38. The molecule has 0 aromatic heterocycles. The molecule has 0 radical (unpaired) electrons. The van der Waals surface area contributed by atoms with Gasteiger partial charge in [-0.1, -0.05) is 24.3 Å². The number of methoxy groups -OCH3 is 2. The van der Waals surface area contributed by atoms with Crippen molar-refractivity contribution in [1.82, 2.24) is 15.5 Å². The SMILES string of the molecule is CCNC(=NCC(c1ccc(OC)cc1)N1CCCC1)NCCc1cccc(OC)c1O. The number of hydrogen-bond acceptors (Lipinski definition) is 5. The number of guanidine groups is 1. The molecule has 1 unspecified atom stereocenters. The Kier molecular flexibility index (Phi) is 9.04. The number of phenols is 1. The van der Waals surface area contributed by atoms with Gasteiger partial charge in [0.05, 0.1) is 26.8 Å². The van der Waals surface area contributed by atoms with Crippen LogP contribution < -0.4 is 20.1 Å². The van der Waals surface area contributed by atoms with Crippen LogP contribution >= 0.6 is 0 Å². The first-order valence-electron chi connectivity index (χ1n) is 11.4. The second-order valence-corrected chi connectivity index (χ2v) is 7.90. The number of hydrogen-bond donors (Lipinski definition) is 3. The minimum Gasteiger partial charge on any atom is -0.504 e. The van der Waals surface area contributed by atoms with Crippen molar-refractivity contribution in [1.29, 1.82) is 0 Å². The molecule has 32 heavy (non-hydrogen) atoms. The number of phenolic OH excluding ortho intramolecular Hbond substituents is 1. The smallest absolute Gasteiger partial charge is 0.191 e. The van der Waals surface area contributed by atoms with Gasteiger partial charge >= 0.3 is 0 Å². The van der Waals surface area contributed by atoms with E-state index in [2.05, 4.69) is 34.6 Å². The zero-order valence-corrected chi connectivity index (χ0v) is 19.4. The van der Waals surface area contributed by atoms with E-state index >= 15 is 0 Å². The summed E-state index contributed by atoms with van der Waals surface area (Å²) >= 11 is 0. The first-order valence-corrected chi connectivity index (χ1v) is 11.4. The van der Waals surface area contributed by atoms with E-state index in [-0.39, 0.29) is 11.8 Å². The Morgan fingerprint density at radius 3 is 2.47 bits per heavy atom. The summed E-state index contributed by atoms with van der Waals surface area (Å²) in [4.78, 5) is 7.42. The molecule has 0 bridgehead atoms. The molecule has 0 aliphatic carbocycles. The standard InChI is InChI=1S/C25H36N4O3/c1-4-26-25(27-15-14-20-8-7-9-23(32-3)24(20)30)28-18-22(29-16-5-6-17-29)19-10-12-21(31-2)13-11-19/h7-13,22,30H,4-6,14-18H2,1-3H3,(H2,26,27,28). The molecule has 1 aliphatic rings. The Morgan fingerprint density at radius 1 is 1.06 bits per heavy atom. The maximum absolute atomic E-state index is 10.3. The number of rotatable bonds is 10. The van der Waals surface area contributed by atoms with E-state index in [9.17, 15) is 5.11 Å². The van der Waals surface area contributed by atoms with Gasteiger partial charge in [0.1, 0.15) is 5.75 Å². The average Bonchev–Trinajstić information content (AvgIpc) is 3.35. The molecule has 1 heterocycles. The van der Waals surface area contributed by atoms with Gasteiger partial charge in [0.2, 0.25) is 0 Å². The first-order chi connectivity index (χ1) is 15.7. The van der Waals surface area contributed by atoms with Gasteiger partial charge in [0.15, 0.2) is 17.5 Å². The van der Waals surface area contributed by atoms with Crippen molar-refractivity contribution in [2.45, 2.75) is 32.2 Å². The fourth-order valence-corrected chi connectivity index (χ4v) is 4.08. The largest absolute Gasteiger partial charge is 0.504 e. The van der Waals surface area contributed by atoms with Crippen LogP contribution in [0.1, 0.15) is 36.9 Å². The highest BCUT2D eigenvalue weighted by molar-refractivity contribution is 5.79. The van der Waals surface area contributed by atoms with Gasteiger partial charge in [-0.15, -0.1) is 0 Å². The second kappa shape index (κ2) is 12.2. The lowest BCUT2D eigenvalue weighted by Crippen LogP contribution is -2.39. The number of aromatic hydroxyl groups is 1. The highest BCUT2D eigenvalue weighted by Crippen LogP contribution is 2.29. The predicted molar refractivity (Wildman–Crippen MR) is 129 cm³/mol. The van der Waals surface area contributed by atoms with Gasteiger partial charge in [0, 0.05) is 13.1 Å². The Hall–Kier alpha value is -2.93. The van der Waals surface area contributed by atoms with Crippen molar-refractivity contribution in [3.05, 3.63) is 53.6 Å². The van der Waals surface area contributed by atoms with Crippen molar-refractivity contribution >= 4 is 5.96 Å². The Morgan fingerprint density at radius 2 is 1.81 bits per heavy atom. The third-order valence-electron chi connectivity index (χ3n) is 5.84. The number of benzene rings is 2. The number of ether oxygens (including phenoxy) is 2. The fourth-order valence-electron chi connectivity index (χ4n) is 4.08. The molecule has 0 spiro atoms. The van der Waals surface area contributed by atoms with Crippen LogP contribution in [0.2, 0.25) is 0 Å². The highest BCUT2D eigenvalue weighted by Gasteiger charge is 2.23. The Balaban J connectivity index is 1.66. The molecule has 1 aliphatic heterocycles. The number of nitrogens with one attached hydrogen (secondary N) is 2. The van der Waals surface area contributed by atoms with Crippen LogP contribution in [0.4, 0.5) is 0 Å². The minimum absolute atomic E-state index is 0.201. The Bertz CT molecular complexity index is 864. The lowest BCUT2D eigenvalue weighted by atomic mass is 10.1. The van der Waals surface area contributed by atoms with Gasteiger partial charge in [-0.2, -0.15) is 0 Å². The molecule has 7 heteroatoms. The van der Waals surface area contributed by atoms with E-state index in [1.54, 1.807) is 20.3 Å². The molecular formula is C25H36N4O3. The summed E-state index contributed by atoms with van der Waals surface area (Å²) in [5.41, 5.74) is 2.11. The number of aliphatic imine (C=N–C) groups is 1. The molecule has 1 atom stereocenters. The third-order valence-corrected chi connectivity index (χ3v) is 5.84. The van der Waals surface area contributed by atoms with Crippen LogP contribution in [0.5, 0.6) is 17.2 Å². The zero-order chi connectivity index (χ0) is 22.8. The normalized spacial score (nSPS) is 15.4. The second-order valence-electron chi connectivity index (χ2n) is 7.90. The first kappa shape index (κ1) is 23.7. The van der Waals surface area contributed by atoms with E-state index < -0.39 is 0 Å². The molecule has 2 aromatic rings. The molecule has 1 saturated heterocycles. The molecule has 1 fully saturated rings. The topological polar surface area (TPSA) is 78.4 Å². The van der Waals surface area contributed by atoms with E-state index in [1.165, 1.54) is 18.4 Å². The van der Waals surface area contributed by atoms with Crippen LogP contribution in [0.25, 0.3) is 0 Å². The quantitative estimate of drug-likeness (QED) is 0.389. The van der Waals surface area contributed by atoms with Crippen LogP contribution in [0, 0.1) is 0 Å². The maximum Gasteiger partial charge on any atom is 0.191 e. The zero-order valence-electron chi connectivity index (χ0n) is 19.4. The summed E-state index contributed by atoms with van der Waals surface area (Å²) in [5, 5.41) is 17.0. The minimum atomic E-state index is 0.201. The van der Waals surface area contributed by atoms with Crippen molar-refractivity contribution in [2.75, 3.05) is 46.9 Å². The molecule has 2 aromatic carbocycles. The molecule has 0 amide bonds. The summed E-state index contributed by atoms with van der Waals surface area (Å²) in [6.07, 6.45) is 3.14. The summed E-state index contributed by atoms with van der Waals surface area (Å²) in [6, 6.07) is 14.1. The van der Waals surface area contributed by atoms with Gasteiger partial charge in [-0.25, -0.2) is 0 Å². The van der Waals surface area contributed by atoms with Gasteiger partial charge in [-0.3, -0.25) is 9.89 Å². The van der Waals surface area contributed by atoms with Crippen molar-refractivity contribution in [2.24, 2.45) is 4.99 Å². The maximum atomic E-state index is 10.3. The lowest BCUT2D eigenvalue weighted by Gasteiger charge is -2.27. The van der Waals surface area contributed by atoms with Crippen LogP contribution in [0.15, 0.2) is 47.5 Å². The van der Waals surface area contributed by atoms with E-state index in [1.807, 2.05) is 24.3 Å². The fraction of sp³-hybridized carbons (Fsp3) is 0.480. The average molecular weight is 441 g/mol. The molecule has 7 nitrogen and oxygen atoms in total. The van der Waals surface area contributed by atoms with E-state index in [0.29, 0.717) is 25.3 Å². The summed E-state index contributed by atoms with van der Waals surface area (Å²) in [7, 11) is 3.25. The number of para-hydroxylation sites is 1. The van der Waals surface area contributed by atoms with Gasteiger partial charge in [-0.05, 0) is 68.6 Å². The number of nitrogens with zero attached hydrogens (tertiary/aromatic N) is 2. The van der Waals surface area contributed by atoms with Crippen LogP contribution in [-0.2, 0) is 6.42 Å². The van der Waals surface area contributed by atoms with Crippen molar-refractivity contribution < 1.29 is 14.6 Å². The van der Waals surface area contributed by atoms with E-state index in [0.717, 1.165) is 36.9 Å². The molecule has 3 N–H and O–H groups in total. The number of likely N-dealkylation sites (tertiary alicyclic amines) is 1. The van der Waals surface area contributed by atoms with Gasteiger partial charge in [0.25, 0.3) is 0 Å². The molecule has 3 rings (SSSR count). The summed E-state index contributed by atoms with van der Waals surface area (Å²) in [5.74, 6) is 2.35. The van der Waals surface area contributed by atoms with E-state index in [4.69, 9.17) is 14.5 Å². The van der Waals surface area contributed by atoms with Crippen molar-refractivity contribution in [3.8, 4) is 17.2 Å².